The van der Waals surface area contributed by atoms with Crippen LogP contribution in [0.1, 0.15) is 18.5 Å². The van der Waals surface area contributed by atoms with Gasteiger partial charge in [0.15, 0.2) is 0 Å². The van der Waals surface area contributed by atoms with Crippen LogP contribution in [0, 0.1) is 5.92 Å². The zero-order chi connectivity index (χ0) is 13.7. The maximum atomic E-state index is 12.1. The monoisotopic (exact) mass is 285 g/mol. The minimum Gasteiger partial charge on any atom is -0.380 e. The summed E-state index contributed by atoms with van der Waals surface area (Å²) < 4.78 is 32.0. The summed E-state index contributed by atoms with van der Waals surface area (Å²) >= 11 is 0. The molecule has 2 rings (SSSR count). The molecule has 1 aliphatic carbocycles. The molecule has 1 aliphatic rings. The third-order valence-corrected chi connectivity index (χ3v) is 4.46. The fourth-order valence-corrected chi connectivity index (χ4v) is 2.89. The zero-order valence-electron chi connectivity index (χ0n) is 10.7. The molecule has 1 fully saturated rings. The highest BCUT2D eigenvalue weighted by Crippen LogP contribution is 2.28. The van der Waals surface area contributed by atoms with E-state index in [1.165, 1.54) is 25.1 Å². The molecule has 7 heteroatoms. The first-order valence-corrected chi connectivity index (χ1v) is 7.83. The SMILES string of the molecule is NCc1ncccc1S(=O)(=O)NCCOCC1CC1. The largest absolute Gasteiger partial charge is 0.380 e. The summed E-state index contributed by atoms with van der Waals surface area (Å²) in [5, 5.41) is 0. The van der Waals surface area contributed by atoms with Gasteiger partial charge in [0.25, 0.3) is 0 Å². The van der Waals surface area contributed by atoms with Crippen molar-refractivity contribution in [2.75, 3.05) is 19.8 Å². The van der Waals surface area contributed by atoms with E-state index in [2.05, 4.69) is 9.71 Å². The first-order valence-electron chi connectivity index (χ1n) is 6.35. The lowest BCUT2D eigenvalue weighted by atomic mass is 10.3. The number of hydrogen-bond donors (Lipinski definition) is 2. The van der Waals surface area contributed by atoms with Crippen LogP contribution in [-0.2, 0) is 21.3 Å². The summed E-state index contributed by atoms with van der Waals surface area (Å²) in [6.45, 7) is 1.46. The molecule has 0 aliphatic heterocycles. The average Bonchev–Trinajstić information content (AvgIpc) is 3.22. The first-order chi connectivity index (χ1) is 9.13. The number of sulfonamides is 1. The average molecular weight is 285 g/mol. The van der Waals surface area contributed by atoms with E-state index in [0.717, 1.165) is 6.61 Å². The molecule has 0 radical (unpaired) electrons. The van der Waals surface area contributed by atoms with Crippen LogP contribution in [0.25, 0.3) is 0 Å². The van der Waals surface area contributed by atoms with Crippen LogP contribution in [0.2, 0.25) is 0 Å². The Morgan fingerprint density at radius 1 is 1.47 bits per heavy atom. The number of nitrogens with one attached hydrogen (secondary N) is 1. The number of nitrogens with zero attached hydrogens (tertiary/aromatic N) is 1. The summed E-state index contributed by atoms with van der Waals surface area (Å²) in [5.41, 5.74) is 5.85. The third kappa shape index (κ3) is 4.24. The number of pyridine rings is 1. The fourth-order valence-electron chi connectivity index (χ4n) is 1.68. The maximum absolute atomic E-state index is 12.1. The van der Waals surface area contributed by atoms with Gasteiger partial charge in [0.05, 0.1) is 12.3 Å². The molecule has 0 amide bonds. The van der Waals surface area contributed by atoms with Gasteiger partial charge in [-0.25, -0.2) is 13.1 Å². The number of hydrogen-bond acceptors (Lipinski definition) is 5. The molecule has 6 nitrogen and oxygen atoms in total. The summed E-state index contributed by atoms with van der Waals surface area (Å²) in [7, 11) is -3.56. The smallest absolute Gasteiger partial charge is 0.242 e. The molecule has 0 bridgehead atoms. The van der Waals surface area contributed by atoms with Crippen LogP contribution < -0.4 is 10.5 Å². The Kier molecular flexibility index (Phi) is 4.87. The van der Waals surface area contributed by atoms with Crippen molar-refractivity contribution in [2.24, 2.45) is 11.7 Å². The van der Waals surface area contributed by atoms with Crippen LogP contribution in [0.3, 0.4) is 0 Å². The second-order valence-electron chi connectivity index (χ2n) is 4.57. The zero-order valence-corrected chi connectivity index (χ0v) is 11.5. The standard InChI is InChI=1S/C12H19N3O3S/c13-8-11-12(2-1-5-14-11)19(16,17)15-6-7-18-9-10-3-4-10/h1-2,5,10,15H,3-4,6-9,13H2. The highest BCUT2D eigenvalue weighted by Gasteiger charge is 2.21. The topological polar surface area (TPSA) is 94.3 Å². The Bertz CT molecular complexity index is 515. The van der Waals surface area contributed by atoms with Gasteiger partial charge in [0.1, 0.15) is 4.90 Å². The minimum absolute atomic E-state index is 0.0925. The molecule has 0 spiro atoms. The molecule has 0 unspecified atom stereocenters. The normalized spacial score (nSPS) is 15.6. The van der Waals surface area contributed by atoms with Gasteiger partial charge in [-0.15, -0.1) is 0 Å². The fraction of sp³-hybridized carbons (Fsp3) is 0.583. The van der Waals surface area contributed by atoms with Crippen molar-refractivity contribution < 1.29 is 13.2 Å². The lowest BCUT2D eigenvalue weighted by Gasteiger charge is -2.09. The van der Waals surface area contributed by atoms with E-state index < -0.39 is 10.0 Å². The number of ether oxygens (including phenoxy) is 1. The van der Waals surface area contributed by atoms with Crippen molar-refractivity contribution in [3.05, 3.63) is 24.0 Å². The Morgan fingerprint density at radius 3 is 2.95 bits per heavy atom. The first kappa shape index (κ1) is 14.4. The van der Waals surface area contributed by atoms with Crippen molar-refractivity contribution in [1.29, 1.82) is 0 Å². The molecule has 1 heterocycles. The van der Waals surface area contributed by atoms with E-state index in [9.17, 15) is 8.42 Å². The number of aromatic nitrogens is 1. The van der Waals surface area contributed by atoms with Gasteiger partial charge in [-0.3, -0.25) is 4.98 Å². The van der Waals surface area contributed by atoms with Crippen LogP contribution in [0.15, 0.2) is 23.2 Å². The van der Waals surface area contributed by atoms with E-state index in [4.69, 9.17) is 10.5 Å². The Balaban J connectivity index is 1.86. The minimum atomic E-state index is -3.56. The molecule has 0 aromatic carbocycles. The van der Waals surface area contributed by atoms with Gasteiger partial charge in [0, 0.05) is 25.9 Å². The Hall–Kier alpha value is -1.02. The van der Waals surface area contributed by atoms with Crippen LogP contribution in [-0.4, -0.2) is 33.2 Å². The van der Waals surface area contributed by atoms with Gasteiger partial charge >= 0.3 is 0 Å². The molecule has 106 valence electrons. The second kappa shape index (κ2) is 6.42. The van der Waals surface area contributed by atoms with Gasteiger partial charge in [-0.05, 0) is 30.9 Å². The molecule has 1 aromatic heterocycles. The molecular formula is C12H19N3O3S. The van der Waals surface area contributed by atoms with Gasteiger partial charge in [-0.2, -0.15) is 0 Å². The predicted molar refractivity (Wildman–Crippen MR) is 70.9 cm³/mol. The lowest BCUT2D eigenvalue weighted by Crippen LogP contribution is -2.29. The van der Waals surface area contributed by atoms with Crippen molar-refractivity contribution in [3.8, 4) is 0 Å². The Labute approximate surface area is 113 Å². The summed E-state index contributed by atoms with van der Waals surface area (Å²) in [4.78, 5) is 4.10. The van der Waals surface area contributed by atoms with E-state index in [-0.39, 0.29) is 18.0 Å². The highest BCUT2D eigenvalue weighted by atomic mass is 32.2. The third-order valence-electron chi connectivity index (χ3n) is 2.92. The van der Waals surface area contributed by atoms with Crippen LogP contribution in [0.4, 0.5) is 0 Å². The predicted octanol–water partition coefficient (Wildman–Crippen LogP) is 0.245. The Morgan fingerprint density at radius 2 is 2.26 bits per heavy atom. The maximum Gasteiger partial charge on any atom is 0.242 e. The molecule has 3 N–H and O–H groups in total. The lowest BCUT2D eigenvalue weighted by molar-refractivity contribution is 0.129. The molecule has 0 atom stereocenters. The van der Waals surface area contributed by atoms with E-state index in [0.29, 0.717) is 18.2 Å². The van der Waals surface area contributed by atoms with Crippen molar-refractivity contribution >= 4 is 10.0 Å². The highest BCUT2D eigenvalue weighted by molar-refractivity contribution is 7.89. The molecular weight excluding hydrogens is 266 g/mol. The van der Waals surface area contributed by atoms with Crippen LogP contribution >= 0.6 is 0 Å². The summed E-state index contributed by atoms with van der Waals surface area (Å²) in [5.74, 6) is 0.679. The van der Waals surface area contributed by atoms with E-state index >= 15 is 0 Å². The quantitative estimate of drug-likeness (QED) is 0.667. The molecule has 19 heavy (non-hydrogen) atoms. The number of rotatable bonds is 8. The summed E-state index contributed by atoms with van der Waals surface area (Å²) in [6.07, 6.45) is 3.97. The van der Waals surface area contributed by atoms with E-state index in [1.54, 1.807) is 6.07 Å². The van der Waals surface area contributed by atoms with Gasteiger partial charge in [-0.1, -0.05) is 0 Å². The molecule has 1 aromatic rings. The van der Waals surface area contributed by atoms with Crippen LogP contribution in [0.5, 0.6) is 0 Å². The van der Waals surface area contributed by atoms with Crippen molar-refractivity contribution in [2.45, 2.75) is 24.3 Å². The molecule has 1 saturated carbocycles. The van der Waals surface area contributed by atoms with Crippen molar-refractivity contribution in [1.82, 2.24) is 9.71 Å². The second-order valence-corrected chi connectivity index (χ2v) is 6.30. The summed E-state index contributed by atoms with van der Waals surface area (Å²) in [6, 6.07) is 3.08. The van der Waals surface area contributed by atoms with Crippen molar-refractivity contribution in [3.63, 3.8) is 0 Å². The van der Waals surface area contributed by atoms with E-state index in [1.807, 2.05) is 0 Å². The number of nitrogens with two attached hydrogens (primary N) is 1. The van der Waals surface area contributed by atoms with Gasteiger partial charge in [0.2, 0.25) is 10.0 Å². The molecule has 0 saturated heterocycles. The van der Waals surface area contributed by atoms with Gasteiger partial charge < -0.3 is 10.5 Å².